The van der Waals surface area contributed by atoms with Gasteiger partial charge in [0.2, 0.25) is 12.7 Å². The highest BCUT2D eigenvalue weighted by molar-refractivity contribution is 5.90. The molecule has 3 heterocycles. The Morgan fingerprint density at radius 2 is 2.08 bits per heavy atom. The Balaban J connectivity index is 1.51. The molecule has 2 aliphatic rings. The van der Waals surface area contributed by atoms with E-state index in [4.69, 9.17) is 15.2 Å². The third-order valence-corrected chi connectivity index (χ3v) is 4.82. The van der Waals surface area contributed by atoms with E-state index >= 15 is 0 Å². The van der Waals surface area contributed by atoms with Crippen LogP contribution in [-0.2, 0) is 11.2 Å². The number of likely N-dealkylation sites (tertiary alicyclic amines) is 1. The van der Waals surface area contributed by atoms with Gasteiger partial charge in [-0.3, -0.25) is 14.7 Å². The molecular weight excluding hydrogens is 336 g/mol. The molecule has 0 radical (unpaired) electrons. The lowest BCUT2D eigenvalue weighted by Gasteiger charge is -2.35. The molecule has 1 aromatic heterocycles. The van der Waals surface area contributed by atoms with E-state index < -0.39 is 5.91 Å². The van der Waals surface area contributed by atoms with Crippen molar-refractivity contribution in [3.05, 3.63) is 41.2 Å². The van der Waals surface area contributed by atoms with Crippen LogP contribution in [0.15, 0.2) is 24.3 Å². The molecular formula is C18H20N4O4. The molecule has 8 nitrogen and oxygen atoms in total. The topological polar surface area (TPSA) is 111 Å². The first kappa shape index (κ1) is 16.4. The predicted molar refractivity (Wildman–Crippen MR) is 91.7 cm³/mol. The number of aromatic amines is 1. The van der Waals surface area contributed by atoms with Gasteiger partial charge in [0.25, 0.3) is 5.91 Å². The molecule has 3 N–H and O–H groups in total. The number of H-pyrrole nitrogens is 1. The van der Waals surface area contributed by atoms with E-state index in [1.165, 1.54) is 0 Å². The van der Waals surface area contributed by atoms with E-state index in [1.54, 1.807) is 6.07 Å². The molecule has 8 heteroatoms. The molecule has 0 spiro atoms. The van der Waals surface area contributed by atoms with Crippen LogP contribution in [0.4, 0.5) is 0 Å². The summed E-state index contributed by atoms with van der Waals surface area (Å²) in [4.78, 5) is 26.1. The van der Waals surface area contributed by atoms with Crippen molar-refractivity contribution in [3.63, 3.8) is 0 Å². The maximum atomic E-state index is 12.9. The van der Waals surface area contributed by atoms with Crippen LogP contribution in [0.1, 0.15) is 47.1 Å². The second-order valence-corrected chi connectivity index (χ2v) is 6.54. The Bertz CT molecular complexity index is 847. The molecule has 0 bridgehead atoms. The Morgan fingerprint density at radius 3 is 2.88 bits per heavy atom. The van der Waals surface area contributed by atoms with E-state index in [0.29, 0.717) is 18.0 Å². The van der Waals surface area contributed by atoms with Gasteiger partial charge in [-0.15, -0.1) is 0 Å². The zero-order chi connectivity index (χ0) is 18.1. The molecule has 4 rings (SSSR count). The third-order valence-electron chi connectivity index (χ3n) is 4.82. The summed E-state index contributed by atoms with van der Waals surface area (Å²) in [5.74, 6) is 0.823. The van der Waals surface area contributed by atoms with Gasteiger partial charge < -0.3 is 20.1 Å². The summed E-state index contributed by atoms with van der Waals surface area (Å²) < 4.78 is 10.7. The van der Waals surface area contributed by atoms with Crippen LogP contribution >= 0.6 is 0 Å². The number of carbonyl (C=O) groups excluding carboxylic acids is 2. The van der Waals surface area contributed by atoms with E-state index in [-0.39, 0.29) is 30.9 Å². The van der Waals surface area contributed by atoms with Gasteiger partial charge in [0, 0.05) is 6.54 Å². The second-order valence-electron chi connectivity index (χ2n) is 6.54. The SMILES string of the molecule is NC(=O)c1cc(C2CCCCN2C(=O)Cc2ccc3c(c2)OCO3)[nH]n1. The second kappa shape index (κ2) is 6.70. The number of hydrogen-bond acceptors (Lipinski definition) is 5. The minimum Gasteiger partial charge on any atom is -0.454 e. The number of aromatic nitrogens is 2. The summed E-state index contributed by atoms with van der Waals surface area (Å²) in [6.07, 6.45) is 3.08. The average Bonchev–Trinajstić information content (AvgIpc) is 3.30. The molecule has 26 heavy (non-hydrogen) atoms. The molecule has 2 amide bonds. The van der Waals surface area contributed by atoms with Crippen molar-refractivity contribution in [1.29, 1.82) is 0 Å². The van der Waals surface area contributed by atoms with Gasteiger partial charge in [-0.25, -0.2) is 0 Å². The minimum absolute atomic E-state index is 0.0313. The minimum atomic E-state index is -0.582. The van der Waals surface area contributed by atoms with Crippen molar-refractivity contribution in [1.82, 2.24) is 15.1 Å². The molecule has 0 aliphatic carbocycles. The van der Waals surface area contributed by atoms with E-state index in [9.17, 15) is 9.59 Å². The van der Waals surface area contributed by atoms with Gasteiger partial charge >= 0.3 is 0 Å². The monoisotopic (exact) mass is 356 g/mol. The van der Waals surface area contributed by atoms with Crippen molar-refractivity contribution in [2.24, 2.45) is 5.73 Å². The van der Waals surface area contributed by atoms with Crippen LogP contribution in [0.25, 0.3) is 0 Å². The number of ether oxygens (including phenoxy) is 2. The number of benzene rings is 1. The first-order chi connectivity index (χ1) is 12.6. The molecule has 1 unspecified atom stereocenters. The largest absolute Gasteiger partial charge is 0.454 e. The Kier molecular flexibility index (Phi) is 4.24. The predicted octanol–water partition coefficient (Wildman–Crippen LogP) is 1.53. The van der Waals surface area contributed by atoms with Gasteiger partial charge in [-0.1, -0.05) is 6.07 Å². The van der Waals surface area contributed by atoms with Gasteiger partial charge in [0.05, 0.1) is 18.2 Å². The fraction of sp³-hybridized carbons (Fsp3) is 0.389. The molecule has 1 fully saturated rings. The lowest BCUT2D eigenvalue weighted by atomic mass is 9.98. The highest BCUT2D eigenvalue weighted by Gasteiger charge is 2.30. The quantitative estimate of drug-likeness (QED) is 0.863. The normalized spacial score (nSPS) is 18.8. The molecule has 0 saturated carbocycles. The molecule has 1 atom stereocenters. The maximum absolute atomic E-state index is 12.9. The zero-order valence-electron chi connectivity index (χ0n) is 14.2. The summed E-state index contributed by atoms with van der Waals surface area (Å²) in [6.45, 7) is 0.891. The molecule has 1 saturated heterocycles. The number of hydrogen-bond donors (Lipinski definition) is 2. The van der Waals surface area contributed by atoms with Gasteiger partial charge in [0.1, 0.15) is 5.69 Å². The fourth-order valence-corrected chi connectivity index (χ4v) is 3.51. The number of piperidine rings is 1. The summed E-state index contributed by atoms with van der Waals surface area (Å²) >= 11 is 0. The van der Waals surface area contributed by atoms with E-state index in [2.05, 4.69) is 10.2 Å². The van der Waals surface area contributed by atoms with Crippen LogP contribution in [0.5, 0.6) is 11.5 Å². The van der Waals surface area contributed by atoms with Crippen molar-refractivity contribution in [2.45, 2.75) is 31.7 Å². The smallest absolute Gasteiger partial charge is 0.269 e. The lowest BCUT2D eigenvalue weighted by molar-refractivity contribution is -0.134. The summed E-state index contributed by atoms with van der Waals surface area (Å²) in [6, 6.07) is 7.07. The number of carbonyl (C=O) groups is 2. The number of nitrogens with one attached hydrogen (secondary N) is 1. The highest BCUT2D eigenvalue weighted by atomic mass is 16.7. The number of nitrogens with zero attached hydrogens (tertiary/aromatic N) is 2. The fourth-order valence-electron chi connectivity index (χ4n) is 3.51. The van der Waals surface area contributed by atoms with E-state index in [0.717, 1.165) is 30.5 Å². The van der Waals surface area contributed by atoms with Gasteiger partial charge in [-0.05, 0) is 43.0 Å². The molecule has 136 valence electrons. The van der Waals surface area contributed by atoms with Crippen molar-refractivity contribution < 1.29 is 19.1 Å². The first-order valence-corrected chi connectivity index (χ1v) is 8.65. The van der Waals surface area contributed by atoms with Crippen LogP contribution in [0.2, 0.25) is 0 Å². The van der Waals surface area contributed by atoms with Crippen molar-refractivity contribution in [3.8, 4) is 11.5 Å². The third kappa shape index (κ3) is 3.10. The summed E-state index contributed by atoms with van der Waals surface area (Å²) in [5, 5.41) is 6.80. The zero-order valence-corrected chi connectivity index (χ0v) is 14.2. The van der Waals surface area contributed by atoms with Gasteiger partial charge in [0.15, 0.2) is 11.5 Å². The number of nitrogens with two attached hydrogens (primary N) is 1. The standard InChI is InChI=1S/C18H20N4O4/c19-18(24)13-9-12(20-21-13)14-3-1-2-6-22(14)17(23)8-11-4-5-15-16(7-11)26-10-25-15/h4-5,7,9,14H,1-3,6,8,10H2,(H2,19,24)(H,20,21). The van der Waals surface area contributed by atoms with Crippen LogP contribution in [0.3, 0.4) is 0 Å². The highest BCUT2D eigenvalue weighted by Crippen LogP contribution is 2.34. The summed E-state index contributed by atoms with van der Waals surface area (Å²) in [5.41, 5.74) is 7.09. The Labute approximate surface area is 150 Å². The van der Waals surface area contributed by atoms with Crippen molar-refractivity contribution in [2.75, 3.05) is 13.3 Å². The number of primary amides is 1. The lowest BCUT2D eigenvalue weighted by Crippen LogP contribution is -2.39. The van der Waals surface area contributed by atoms with E-state index in [1.807, 2.05) is 23.1 Å². The maximum Gasteiger partial charge on any atom is 0.269 e. The first-order valence-electron chi connectivity index (χ1n) is 8.65. The van der Waals surface area contributed by atoms with Crippen LogP contribution in [0, 0.1) is 0 Å². The number of fused-ring (bicyclic) bond motifs is 1. The Hall–Kier alpha value is -3.03. The van der Waals surface area contributed by atoms with Crippen LogP contribution in [-0.4, -0.2) is 40.2 Å². The molecule has 2 aliphatic heterocycles. The number of amides is 2. The molecule has 2 aromatic rings. The number of rotatable bonds is 4. The Morgan fingerprint density at radius 1 is 1.23 bits per heavy atom. The van der Waals surface area contributed by atoms with Crippen LogP contribution < -0.4 is 15.2 Å². The van der Waals surface area contributed by atoms with Crippen molar-refractivity contribution >= 4 is 11.8 Å². The summed E-state index contributed by atoms with van der Waals surface area (Å²) in [7, 11) is 0. The molecule has 1 aromatic carbocycles. The van der Waals surface area contributed by atoms with Gasteiger partial charge in [-0.2, -0.15) is 5.10 Å². The average molecular weight is 356 g/mol.